The second-order valence-corrected chi connectivity index (χ2v) is 4.65. The third kappa shape index (κ3) is 1.87. The first-order valence-corrected chi connectivity index (χ1v) is 6.20. The summed E-state index contributed by atoms with van der Waals surface area (Å²) < 4.78 is 12.5. The Balaban J connectivity index is 2.12. The van der Waals surface area contributed by atoms with Gasteiger partial charge in [-0.15, -0.1) is 0 Å². The van der Waals surface area contributed by atoms with E-state index in [9.17, 15) is 4.79 Å². The fraction of sp³-hybridized carbons (Fsp3) is 0.200. The molecule has 0 N–H and O–H groups in total. The Labute approximate surface area is 115 Å². The Hall–Kier alpha value is -2.56. The number of nitrogens with zero attached hydrogens (tertiary/aromatic N) is 2. The zero-order valence-electron chi connectivity index (χ0n) is 11.5. The van der Waals surface area contributed by atoms with Crippen molar-refractivity contribution < 1.29 is 13.9 Å². The van der Waals surface area contributed by atoms with Crippen molar-refractivity contribution in [1.29, 1.82) is 0 Å². The van der Waals surface area contributed by atoms with Gasteiger partial charge in [0.2, 0.25) is 5.78 Å². The van der Waals surface area contributed by atoms with Crippen LogP contribution in [0.5, 0.6) is 5.75 Å². The molecule has 2 heterocycles. The zero-order valence-corrected chi connectivity index (χ0v) is 11.5. The lowest BCUT2D eigenvalue weighted by Gasteiger charge is -1.97. The summed E-state index contributed by atoms with van der Waals surface area (Å²) in [7, 11) is 3.37. The van der Waals surface area contributed by atoms with E-state index in [-0.39, 0.29) is 5.78 Å². The minimum atomic E-state index is -0.161. The van der Waals surface area contributed by atoms with E-state index >= 15 is 0 Å². The Morgan fingerprint density at radius 1 is 1.40 bits per heavy atom. The van der Waals surface area contributed by atoms with Crippen molar-refractivity contribution in [2.24, 2.45) is 7.05 Å². The van der Waals surface area contributed by atoms with E-state index in [0.29, 0.717) is 22.7 Å². The lowest BCUT2D eigenvalue weighted by Crippen LogP contribution is -2.00. The molecule has 0 saturated heterocycles. The largest absolute Gasteiger partial charge is 0.497 e. The molecule has 2 aromatic heterocycles. The Kier molecular flexibility index (Phi) is 2.82. The summed E-state index contributed by atoms with van der Waals surface area (Å²) in [5.41, 5.74) is 1.99. The number of aryl methyl sites for hydroxylation is 2. The van der Waals surface area contributed by atoms with Gasteiger partial charge in [0, 0.05) is 30.3 Å². The number of furan rings is 1. The van der Waals surface area contributed by atoms with Gasteiger partial charge in [0.1, 0.15) is 11.3 Å². The fourth-order valence-electron chi connectivity index (χ4n) is 2.22. The number of hydrogen-bond acceptors (Lipinski definition) is 4. The highest BCUT2D eigenvalue weighted by Crippen LogP contribution is 2.29. The van der Waals surface area contributed by atoms with Crippen LogP contribution in [0, 0.1) is 6.92 Å². The van der Waals surface area contributed by atoms with Crippen molar-refractivity contribution in [2.75, 3.05) is 7.11 Å². The van der Waals surface area contributed by atoms with Gasteiger partial charge in [-0.1, -0.05) is 0 Å². The highest BCUT2D eigenvalue weighted by atomic mass is 16.5. The van der Waals surface area contributed by atoms with Crippen LogP contribution in [0.3, 0.4) is 0 Å². The third-order valence-electron chi connectivity index (χ3n) is 3.32. The van der Waals surface area contributed by atoms with Gasteiger partial charge in [-0.2, -0.15) is 5.10 Å². The van der Waals surface area contributed by atoms with E-state index in [1.165, 1.54) is 6.20 Å². The van der Waals surface area contributed by atoms with Gasteiger partial charge >= 0.3 is 0 Å². The van der Waals surface area contributed by atoms with Crippen LogP contribution in [0.15, 0.2) is 35.0 Å². The lowest BCUT2D eigenvalue weighted by atomic mass is 10.1. The number of aromatic nitrogens is 2. The summed E-state index contributed by atoms with van der Waals surface area (Å²) in [6.07, 6.45) is 3.21. The van der Waals surface area contributed by atoms with Crippen LogP contribution in [0.2, 0.25) is 0 Å². The average molecular weight is 270 g/mol. The molecule has 102 valence electrons. The number of rotatable bonds is 3. The van der Waals surface area contributed by atoms with Crippen LogP contribution < -0.4 is 4.74 Å². The summed E-state index contributed by atoms with van der Waals surface area (Å²) in [5, 5.41) is 4.92. The quantitative estimate of drug-likeness (QED) is 0.687. The SMILES string of the molecule is COc1ccc2c(C)c(C(=O)c3cnn(C)c3)oc2c1. The maximum Gasteiger partial charge on any atom is 0.231 e. The molecule has 3 rings (SSSR count). The molecule has 0 radical (unpaired) electrons. The minimum Gasteiger partial charge on any atom is -0.497 e. The van der Waals surface area contributed by atoms with E-state index in [0.717, 1.165) is 10.9 Å². The molecule has 0 spiro atoms. The first-order valence-electron chi connectivity index (χ1n) is 6.20. The van der Waals surface area contributed by atoms with Crippen molar-refractivity contribution in [3.05, 3.63) is 47.5 Å². The summed E-state index contributed by atoms with van der Waals surface area (Å²) in [6.45, 7) is 1.88. The Bertz CT molecular complexity index is 799. The number of fused-ring (bicyclic) bond motifs is 1. The predicted octanol–water partition coefficient (Wildman–Crippen LogP) is 2.71. The van der Waals surface area contributed by atoms with E-state index in [1.54, 1.807) is 31.1 Å². The first kappa shape index (κ1) is 12.5. The van der Waals surface area contributed by atoms with Crippen molar-refractivity contribution in [3.63, 3.8) is 0 Å². The van der Waals surface area contributed by atoms with Crippen LogP contribution in [-0.2, 0) is 7.05 Å². The number of methoxy groups -OCH3 is 1. The summed E-state index contributed by atoms with van der Waals surface area (Å²) >= 11 is 0. The Morgan fingerprint density at radius 2 is 2.20 bits per heavy atom. The molecule has 0 amide bonds. The van der Waals surface area contributed by atoms with Crippen LogP contribution in [-0.4, -0.2) is 22.7 Å². The van der Waals surface area contributed by atoms with Crippen molar-refractivity contribution in [3.8, 4) is 5.75 Å². The van der Waals surface area contributed by atoms with E-state index in [1.807, 2.05) is 19.1 Å². The van der Waals surface area contributed by atoms with Gasteiger partial charge in [-0.05, 0) is 19.1 Å². The second kappa shape index (κ2) is 4.52. The monoisotopic (exact) mass is 270 g/mol. The van der Waals surface area contributed by atoms with Crippen LogP contribution in [0.4, 0.5) is 0 Å². The van der Waals surface area contributed by atoms with Gasteiger partial charge in [0.15, 0.2) is 5.76 Å². The van der Waals surface area contributed by atoms with E-state index in [2.05, 4.69) is 5.10 Å². The smallest absolute Gasteiger partial charge is 0.231 e. The van der Waals surface area contributed by atoms with Gasteiger partial charge < -0.3 is 9.15 Å². The second-order valence-electron chi connectivity index (χ2n) is 4.65. The van der Waals surface area contributed by atoms with E-state index < -0.39 is 0 Å². The van der Waals surface area contributed by atoms with Crippen LogP contribution in [0.25, 0.3) is 11.0 Å². The van der Waals surface area contributed by atoms with Crippen LogP contribution in [0.1, 0.15) is 21.7 Å². The van der Waals surface area contributed by atoms with Gasteiger partial charge in [0.25, 0.3) is 0 Å². The molecule has 0 aliphatic carbocycles. The molecule has 0 aliphatic heterocycles. The molecule has 1 aromatic carbocycles. The molecule has 0 atom stereocenters. The molecule has 5 heteroatoms. The number of benzene rings is 1. The minimum absolute atomic E-state index is 0.161. The third-order valence-corrected chi connectivity index (χ3v) is 3.32. The Morgan fingerprint density at radius 3 is 2.85 bits per heavy atom. The summed E-state index contributed by atoms with van der Waals surface area (Å²) in [6, 6.07) is 5.53. The topological polar surface area (TPSA) is 57.3 Å². The summed E-state index contributed by atoms with van der Waals surface area (Å²) in [5.74, 6) is 0.888. The molecule has 3 aromatic rings. The first-order chi connectivity index (χ1) is 9.60. The molecule has 0 fully saturated rings. The highest BCUT2D eigenvalue weighted by molar-refractivity contribution is 6.10. The number of ketones is 1. The van der Waals surface area contributed by atoms with Gasteiger partial charge in [-0.3, -0.25) is 9.48 Å². The van der Waals surface area contributed by atoms with Crippen molar-refractivity contribution in [2.45, 2.75) is 6.92 Å². The van der Waals surface area contributed by atoms with Crippen LogP contribution >= 0.6 is 0 Å². The van der Waals surface area contributed by atoms with Crippen molar-refractivity contribution in [1.82, 2.24) is 9.78 Å². The number of ether oxygens (including phenoxy) is 1. The molecule has 0 bridgehead atoms. The maximum absolute atomic E-state index is 12.4. The molecular formula is C15H14N2O3. The highest BCUT2D eigenvalue weighted by Gasteiger charge is 2.20. The van der Waals surface area contributed by atoms with Gasteiger partial charge in [0.05, 0.1) is 18.9 Å². The summed E-state index contributed by atoms with van der Waals surface area (Å²) in [4.78, 5) is 12.4. The fourth-order valence-corrected chi connectivity index (χ4v) is 2.22. The average Bonchev–Trinajstić information content (AvgIpc) is 3.02. The standard InChI is InChI=1S/C15H14N2O3/c1-9-12-5-4-11(19-3)6-13(12)20-15(9)14(18)10-7-16-17(2)8-10/h4-8H,1-3H3. The number of hydrogen-bond donors (Lipinski definition) is 0. The maximum atomic E-state index is 12.4. The molecule has 20 heavy (non-hydrogen) atoms. The molecule has 5 nitrogen and oxygen atoms in total. The number of carbonyl (C=O) groups is 1. The normalized spacial score (nSPS) is 10.9. The van der Waals surface area contributed by atoms with Crippen molar-refractivity contribution >= 4 is 16.8 Å². The molecular weight excluding hydrogens is 256 g/mol. The van der Waals surface area contributed by atoms with E-state index in [4.69, 9.17) is 9.15 Å². The number of carbonyl (C=O) groups excluding carboxylic acids is 1. The molecule has 0 unspecified atom stereocenters. The molecule has 0 aliphatic rings. The van der Waals surface area contributed by atoms with Gasteiger partial charge in [-0.25, -0.2) is 0 Å². The predicted molar refractivity (Wildman–Crippen MR) is 74.1 cm³/mol. The lowest BCUT2D eigenvalue weighted by molar-refractivity contribution is 0.101. The zero-order chi connectivity index (χ0) is 14.3. The molecule has 0 saturated carbocycles.